The van der Waals surface area contributed by atoms with Crippen LogP contribution in [0.25, 0.3) is 0 Å². The highest BCUT2D eigenvalue weighted by Gasteiger charge is 2.44. The molecule has 0 aromatic rings. The summed E-state index contributed by atoms with van der Waals surface area (Å²) in [5.41, 5.74) is 0.463. The van der Waals surface area contributed by atoms with Crippen LogP contribution in [0.5, 0.6) is 0 Å². The molecule has 0 aromatic carbocycles. The molecule has 0 spiro atoms. The van der Waals surface area contributed by atoms with Gasteiger partial charge in [0.1, 0.15) is 0 Å². The molecule has 1 aliphatic heterocycles. The van der Waals surface area contributed by atoms with Crippen LogP contribution >= 0.6 is 0 Å². The molecule has 0 atom stereocenters. The summed E-state index contributed by atoms with van der Waals surface area (Å²) in [6, 6.07) is 0. The van der Waals surface area contributed by atoms with Crippen LogP contribution in [0, 0.1) is 0 Å². The van der Waals surface area contributed by atoms with E-state index in [1.54, 1.807) is 10.4 Å². The summed E-state index contributed by atoms with van der Waals surface area (Å²) < 4.78 is 5.43. The van der Waals surface area contributed by atoms with Gasteiger partial charge in [0.2, 0.25) is 0 Å². The average Bonchev–Trinajstić information content (AvgIpc) is 2.93. The number of likely N-dealkylation sites (tertiary alicyclic amines) is 1. The Hall–Kier alpha value is -1.30. The van der Waals surface area contributed by atoms with Crippen LogP contribution in [-0.4, -0.2) is 40.8 Å². The maximum absolute atomic E-state index is 12.0. The van der Waals surface area contributed by atoms with E-state index in [1.807, 2.05) is 0 Å². The molecule has 2 N–H and O–H groups in total. The molecule has 1 aliphatic carbocycles. The molecule has 2 aliphatic rings. The lowest BCUT2D eigenvalue weighted by atomic mass is 9.84. The Morgan fingerprint density at radius 2 is 1.67 bits per heavy atom. The SMILES string of the molecule is O=C(OC1(C(=O)NO)CCCCC1)N1CCCC1. The van der Waals surface area contributed by atoms with Crippen molar-refractivity contribution >= 4 is 12.0 Å². The fourth-order valence-electron chi connectivity index (χ4n) is 2.73. The Bertz CT molecular complexity index is 320. The molecule has 18 heavy (non-hydrogen) atoms. The second-order valence-electron chi connectivity index (χ2n) is 5.06. The van der Waals surface area contributed by atoms with Crippen molar-refractivity contribution in [2.45, 2.75) is 50.5 Å². The summed E-state index contributed by atoms with van der Waals surface area (Å²) in [4.78, 5) is 25.4. The minimum absolute atomic E-state index is 0.432. The van der Waals surface area contributed by atoms with Gasteiger partial charge >= 0.3 is 6.09 Å². The van der Waals surface area contributed by atoms with Crippen LogP contribution in [0.4, 0.5) is 4.79 Å². The van der Waals surface area contributed by atoms with E-state index in [1.165, 1.54) is 0 Å². The Morgan fingerprint density at radius 1 is 1.06 bits per heavy atom. The molecule has 6 heteroatoms. The van der Waals surface area contributed by atoms with Gasteiger partial charge in [0.15, 0.2) is 5.60 Å². The largest absolute Gasteiger partial charge is 0.433 e. The van der Waals surface area contributed by atoms with Crippen molar-refractivity contribution < 1.29 is 19.5 Å². The topological polar surface area (TPSA) is 78.9 Å². The first kappa shape index (κ1) is 13.1. The van der Waals surface area contributed by atoms with Gasteiger partial charge in [-0.1, -0.05) is 6.42 Å². The number of hydroxylamine groups is 1. The Kier molecular flexibility index (Phi) is 4.06. The lowest BCUT2D eigenvalue weighted by molar-refractivity contribution is -0.153. The first-order valence-corrected chi connectivity index (χ1v) is 6.60. The van der Waals surface area contributed by atoms with Crippen molar-refractivity contribution in [3.8, 4) is 0 Å². The third-order valence-corrected chi connectivity index (χ3v) is 3.82. The zero-order valence-corrected chi connectivity index (χ0v) is 10.5. The van der Waals surface area contributed by atoms with Crippen LogP contribution < -0.4 is 5.48 Å². The van der Waals surface area contributed by atoms with E-state index in [9.17, 15) is 9.59 Å². The van der Waals surface area contributed by atoms with Gasteiger partial charge in [-0.25, -0.2) is 10.3 Å². The predicted molar refractivity (Wildman–Crippen MR) is 63.0 cm³/mol. The highest BCUT2D eigenvalue weighted by atomic mass is 16.6. The molecule has 1 saturated heterocycles. The number of ether oxygens (including phenoxy) is 1. The maximum Gasteiger partial charge on any atom is 0.410 e. The number of carbonyl (C=O) groups is 2. The van der Waals surface area contributed by atoms with Crippen LogP contribution in [0.3, 0.4) is 0 Å². The summed E-state index contributed by atoms with van der Waals surface area (Å²) in [6.45, 7) is 1.38. The lowest BCUT2D eigenvalue weighted by Crippen LogP contribution is -2.52. The zero-order valence-electron chi connectivity index (χ0n) is 10.5. The van der Waals surface area contributed by atoms with Gasteiger partial charge in [-0.15, -0.1) is 0 Å². The van der Waals surface area contributed by atoms with Crippen molar-refractivity contribution in [3.05, 3.63) is 0 Å². The van der Waals surface area contributed by atoms with Crippen LogP contribution in [0.1, 0.15) is 44.9 Å². The quantitative estimate of drug-likeness (QED) is 0.578. The van der Waals surface area contributed by atoms with Crippen LogP contribution in [-0.2, 0) is 9.53 Å². The Labute approximate surface area is 106 Å². The van der Waals surface area contributed by atoms with Crippen molar-refractivity contribution in [3.63, 3.8) is 0 Å². The maximum atomic E-state index is 12.0. The number of hydrogen-bond donors (Lipinski definition) is 2. The van der Waals surface area contributed by atoms with Crippen molar-refractivity contribution in [1.82, 2.24) is 10.4 Å². The van der Waals surface area contributed by atoms with E-state index in [0.29, 0.717) is 25.9 Å². The van der Waals surface area contributed by atoms with Gasteiger partial charge in [-0.2, -0.15) is 0 Å². The highest BCUT2D eigenvalue weighted by Crippen LogP contribution is 2.32. The molecule has 0 aromatic heterocycles. The highest BCUT2D eigenvalue weighted by molar-refractivity contribution is 5.86. The lowest BCUT2D eigenvalue weighted by Gasteiger charge is -2.35. The number of nitrogens with zero attached hydrogens (tertiary/aromatic N) is 1. The second kappa shape index (κ2) is 5.56. The number of amides is 2. The molecular weight excluding hydrogens is 236 g/mol. The van der Waals surface area contributed by atoms with E-state index in [-0.39, 0.29) is 0 Å². The zero-order chi connectivity index (χ0) is 13.0. The molecular formula is C12H20N2O4. The van der Waals surface area contributed by atoms with E-state index in [2.05, 4.69) is 0 Å². The summed E-state index contributed by atoms with van der Waals surface area (Å²) in [7, 11) is 0. The fourth-order valence-corrected chi connectivity index (χ4v) is 2.73. The van der Waals surface area contributed by atoms with E-state index >= 15 is 0 Å². The van der Waals surface area contributed by atoms with Crippen molar-refractivity contribution in [2.75, 3.05) is 13.1 Å². The van der Waals surface area contributed by atoms with Gasteiger partial charge < -0.3 is 9.64 Å². The minimum atomic E-state index is -1.17. The molecule has 2 rings (SSSR count). The molecule has 102 valence electrons. The first-order chi connectivity index (χ1) is 8.68. The third kappa shape index (κ3) is 2.58. The van der Waals surface area contributed by atoms with Crippen molar-refractivity contribution in [2.24, 2.45) is 0 Å². The normalized spacial score (nSPS) is 22.6. The minimum Gasteiger partial charge on any atom is -0.433 e. The molecule has 0 radical (unpaired) electrons. The van der Waals surface area contributed by atoms with E-state index < -0.39 is 17.6 Å². The van der Waals surface area contributed by atoms with Crippen LogP contribution in [0.2, 0.25) is 0 Å². The van der Waals surface area contributed by atoms with Gasteiger partial charge in [-0.05, 0) is 38.5 Å². The van der Waals surface area contributed by atoms with Gasteiger partial charge in [0, 0.05) is 13.1 Å². The number of carbonyl (C=O) groups excluding carboxylic acids is 2. The third-order valence-electron chi connectivity index (χ3n) is 3.82. The molecule has 1 saturated carbocycles. The Balaban J connectivity index is 2.04. The summed E-state index contributed by atoms with van der Waals surface area (Å²) in [6.07, 6.45) is 5.20. The van der Waals surface area contributed by atoms with Gasteiger partial charge in [-0.3, -0.25) is 10.0 Å². The average molecular weight is 256 g/mol. The fraction of sp³-hybridized carbons (Fsp3) is 0.833. The summed E-state index contributed by atoms with van der Waals surface area (Å²) in [5.74, 6) is -0.602. The van der Waals surface area contributed by atoms with Crippen molar-refractivity contribution in [1.29, 1.82) is 0 Å². The second-order valence-corrected chi connectivity index (χ2v) is 5.06. The Morgan fingerprint density at radius 3 is 2.22 bits per heavy atom. The molecule has 1 heterocycles. The monoisotopic (exact) mass is 256 g/mol. The summed E-state index contributed by atoms with van der Waals surface area (Å²) >= 11 is 0. The number of nitrogens with one attached hydrogen (secondary N) is 1. The van der Waals surface area contributed by atoms with E-state index in [4.69, 9.17) is 9.94 Å². The van der Waals surface area contributed by atoms with Gasteiger partial charge in [0.25, 0.3) is 5.91 Å². The molecule has 0 bridgehead atoms. The van der Waals surface area contributed by atoms with E-state index in [0.717, 1.165) is 32.1 Å². The molecule has 6 nitrogen and oxygen atoms in total. The number of hydrogen-bond acceptors (Lipinski definition) is 4. The number of rotatable bonds is 2. The molecule has 0 unspecified atom stereocenters. The summed E-state index contributed by atoms with van der Waals surface area (Å²) in [5, 5.41) is 8.83. The molecule has 2 fully saturated rings. The standard InChI is InChI=1S/C12H20N2O4/c15-10(13-17)12(6-2-1-3-7-12)18-11(16)14-8-4-5-9-14/h17H,1-9H2,(H,13,15). The van der Waals surface area contributed by atoms with Crippen LogP contribution in [0.15, 0.2) is 0 Å². The predicted octanol–water partition coefficient (Wildman–Crippen LogP) is 1.43. The first-order valence-electron chi connectivity index (χ1n) is 6.60. The molecule has 2 amide bonds. The van der Waals surface area contributed by atoms with Gasteiger partial charge in [0.05, 0.1) is 0 Å². The smallest absolute Gasteiger partial charge is 0.410 e.